The van der Waals surface area contributed by atoms with Crippen molar-refractivity contribution in [1.29, 1.82) is 0 Å². The van der Waals surface area contributed by atoms with Crippen LogP contribution < -0.4 is 0 Å². The molecule has 2 aromatic carbocycles. The van der Waals surface area contributed by atoms with Gasteiger partial charge in [0, 0.05) is 17.5 Å². The Balaban J connectivity index is 2.00. The van der Waals surface area contributed by atoms with Gasteiger partial charge in [-0.25, -0.2) is 0 Å². The molecule has 0 atom stereocenters. The van der Waals surface area contributed by atoms with E-state index in [-0.39, 0.29) is 28.7 Å². The van der Waals surface area contributed by atoms with Gasteiger partial charge in [-0.15, -0.1) is 0 Å². The summed E-state index contributed by atoms with van der Waals surface area (Å²) < 4.78 is 38.3. The SMILES string of the molecule is O=C1C(O)=C(Cc2cccc(C(F)(F)F)c2)C(=O)c2ccccc21. The summed E-state index contributed by atoms with van der Waals surface area (Å²) in [5, 5.41) is 10.0. The van der Waals surface area contributed by atoms with Crippen LogP contribution >= 0.6 is 0 Å². The van der Waals surface area contributed by atoms with E-state index in [9.17, 15) is 27.9 Å². The third-order valence-electron chi connectivity index (χ3n) is 3.83. The molecule has 2 aromatic rings. The molecule has 0 fully saturated rings. The van der Waals surface area contributed by atoms with Crippen LogP contribution in [0.2, 0.25) is 0 Å². The predicted octanol–water partition coefficient (Wildman–Crippen LogP) is 4.14. The number of aliphatic hydroxyl groups is 1. The van der Waals surface area contributed by atoms with E-state index < -0.39 is 29.1 Å². The lowest BCUT2D eigenvalue weighted by atomic mass is 9.85. The van der Waals surface area contributed by atoms with Crippen LogP contribution in [0.1, 0.15) is 31.8 Å². The van der Waals surface area contributed by atoms with Crippen LogP contribution in [0.5, 0.6) is 0 Å². The molecule has 24 heavy (non-hydrogen) atoms. The van der Waals surface area contributed by atoms with Crippen molar-refractivity contribution in [2.24, 2.45) is 0 Å². The van der Waals surface area contributed by atoms with Gasteiger partial charge in [0.05, 0.1) is 11.1 Å². The molecule has 0 aromatic heterocycles. The zero-order valence-corrected chi connectivity index (χ0v) is 12.2. The third-order valence-corrected chi connectivity index (χ3v) is 3.83. The number of carbonyl (C=O) groups is 2. The fourth-order valence-electron chi connectivity index (χ4n) is 2.64. The zero-order chi connectivity index (χ0) is 17.5. The third kappa shape index (κ3) is 2.71. The molecule has 1 aliphatic rings. The Hall–Kier alpha value is -2.89. The molecule has 1 N–H and O–H groups in total. The van der Waals surface area contributed by atoms with Crippen LogP contribution in [-0.4, -0.2) is 16.7 Å². The van der Waals surface area contributed by atoms with Crippen LogP contribution in [0.15, 0.2) is 59.9 Å². The maximum Gasteiger partial charge on any atom is 0.416 e. The Kier molecular flexibility index (Phi) is 3.75. The summed E-state index contributed by atoms with van der Waals surface area (Å²) in [5.41, 5.74) is -0.630. The van der Waals surface area contributed by atoms with Crippen LogP contribution in [-0.2, 0) is 12.6 Å². The maximum atomic E-state index is 12.8. The van der Waals surface area contributed by atoms with Crippen LogP contribution in [0.25, 0.3) is 0 Å². The monoisotopic (exact) mass is 332 g/mol. The molecule has 0 bridgehead atoms. The Morgan fingerprint density at radius 3 is 2.12 bits per heavy atom. The highest BCUT2D eigenvalue weighted by Crippen LogP contribution is 2.31. The molecular weight excluding hydrogens is 321 g/mol. The highest BCUT2D eigenvalue weighted by atomic mass is 19.4. The van der Waals surface area contributed by atoms with Crippen LogP contribution in [0.3, 0.4) is 0 Å². The van der Waals surface area contributed by atoms with Gasteiger partial charge < -0.3 is 5.11 Å². The van der Waals surface area contributed by atoms with E-state index in [1.54, 1.807) is 12.1 Å². The lowest BCUT2D eigenvalue weighted by Crippen LogP contribution is -2.23. The van der Waals surface area contributed by atoms with Gasteiger partial charge in [-0.2, -0.15) is 13.2 Å². The Bertz CT molecular complexity index is 879. The summed E-state index contributed by atoms with van der Waals surface area (Å²) in [4.78, 5) is 24.6. The van der Waals surface area contributed by atoms with E-state index in [4.69, 9.17) is 0 Å². The maximum absolute atomic E-state index is 12.8. The van der Waals surface area contributed by atoms with Gasteiger partial charge in [0.2, 0.25) is 5.78 Å². The molecule has 122 valence electrons. The number of allylic oxidation sites excluding steroid dienone is 2. The van der Waals surface area contributed by atoms with Crippen molar-refractivity contribution < 1.29 is 27.9 Å². The van der Waals surface area contributed by atoms with Crippen molar-refractivity contribution >= 4 is 11.6 Å². The Labute approximate surface area is 135 Å². The number of Topliss-reactive ketones (excluding diaryl/α,β-unsaturated/α-hetero) is 2. The number of halogens is 3. The first-order valence-corrected chi connectivity index (χ1v) is 7.05. The first kappa shape index (κ1) is 16.0. The van der Waals surface area contributed by atoms with Crippen LogP contribution in [0, 0.1) is 0 Å². The molecule has 0 aliphatic heterocycles. The van der Waals surface area contributed by atoms with Crippen molar-refractivity contribution in [3.05, 3.63) is 82.1 Å². The number of alkyl halides is 3. The van der Waals surface area contributed by atoms with Gasteiger partial charge in [-0.05, 0) is 11.6 Å². The minimum absolute atomic E-state index is 0.0905. The minimum atomic E-state index is -4.51. The molecule has 0 saturated heterocycles. The highest BCUT2D eigenvalue weighted by molar-refractivity contribution is 6.26. The molecule has 0 spiro atoms. The van der Waals surface area contributed by atoms with Gasteiger partial charge in [-0.1, -0.05) is 42.5 Å². The van der Waals surface area contributed by atoms with Crippen molar-refractivity contribution in [3.63, 3.8) is 0 Å². The molecule has 3 rings (SSSR count). The van der Waals surface area contributed by atoms with Crippen molar-refractivity contribution in [2.75, 3.05) is 0 Å². The molecule has 0 unspecified atom stereocenters. The molecule has 0 radical (unpaired) electrons. The topological polar surface area (TPSA) is 54.4 Å². The summed E-state index contributed by atoms with van der Waals surface area (Å²) in [6.45, 7) is 0. The van der Waals surface area contributed by atoms with Crippen molar-refractivity contribution in [3.8, 4) is 0 Å². The second-order valence-electron chi connectivity index (χ2n) is 5.41. The second kappa shape index (κ2) is 5.63. The lowest BCUT2D eigenvalue weighted by Gasteiger charge is -2.18. The van der Waals surface area contributed by atoms with Gasteiger partial charge in [0.25, 0.3) is 0 Å². The normalized spacial score (nSPS) is 14.8. The second-order valence-corrected chi connectivity index (χ2v) is 5.41. The van der Waals surface area contributed by atoms with E-state index in [0.717, 1.165) is 12.1 Å². The Morgan fingerprint density at radius 1 is 0.875 bits per heavy atom. The molecule has 0 saturated carbocycles. The number of carbonyl (C=O) groups excluding carboxylic acids is 2. The lowest BCUT2D eigenvalue weighted by molar-refractivity contribution is -0.137. The van der Waals surface area contributed by atoms with E-state index in [1.807, 2.05) is 0 Å². The first-order valence-electron chi connectivity index (χ1n) is 7.05. The zero-order valence-electron chi connectivity index (χ0n) is 12.2. The largest absolute Gasteiger partial charge is 0.504 e. The predicted molar refractivity (Wildman–Crippen MR) is 79.9 cm³/mol. The van der Waals surface area contributed by atoms with Crippen molar-refractivity contribution in [2.45, 2.75) is 12.6 Å². The summed E-state index contributed by atoms with van der Waals surface area (Å²) in [5.74, 6) is -1.97. The quantitative estimate of drug-likeness (QED) is 0.899. The smallest absolute Gasteiger partial charge is 0.416 e. The molecule has 3 nitrogen and oxygen atoms in total. The van der Waals surface area contributed by atoms with E-state index in [1.165, 1.54) is 24.3 Å². The van der Waals surface area contributed by atoms with E-state index >= 15 is 0 Å². The van der Waals surface area contributed by atoms with Gasteiger partial charge in [0.1, 0.15) is 0 Å². The summed E-state index contributed by atoms with van der Waals surface area (Å²) in [6, 6.07) is 10.5. The number of benzene rings is 2. The fraction of sp³-hybridized carbons (Fsp3) is 0.111. The van der Waals surface area contributed by atoms with Gasteiger partial charge in [-0.3, -0.25) is 9.59 Å². The van der Waals surface area contributed by atoms with Crippen molar-refractivity contribution in [1.82, 2.24) is 0 Å². The molecular formula is C18H11F3O3. The molecule has 0 heterocycles. The van der Waals surface area contributed by atoms with E-state index in [0.29, 0.717) is 0 Å². The number of rotatable bonds is 2. The summed E-state index contributed by atoms with van der Waals surface area (Å²) in [7, 11) is 0. The first-order chi connectivity index (χ1) is 11.3. The number of fused-ring (bicyclic) bond motifs is 1. The standard InChI is InChI=1S/C18H11F3O3/c19-18(20,21)11-5-3-4-10(8-11)9-14-15(22)12-6-1-2-7-13(12)16(23)17(14)24/h1-8,24H,9H2. The minimum Gasteiger partial charge on any atom is -0.504 e. The van der Waals surface area contributed by atoms with Gasteiger partial charge >= 0.3 is 6.18 Å². The highest BCUT2D eigenvalue weighted by Gasteiger charge is 2.33. The number of hydrogen-bond donors (Lipinski definition) is 1. The van der Waals surface area contributed by atoms with E-state index in [2.05, 4.69) is 0 Å². The average molecular weight is 332 g/mol. The van der Waals surface area contributed by atoms with Crippen LogP contribution in [0.4, 0.5) is 13.2 Å². The molecule has 1 aliphatic carbocycles. The molecule has 6 heteroatoms. The fourth-order valence-corrected chi connectivity index (χ4v) is 2.64. The van der Waals surface area contributed by atoms with Gasteiger partial charge in [0.15, 0.2) is 11.5 Å². The number of hydrogen-bond acceptors (Lipinski definition) is 3. The number of ketones is 2. The summed E-state index contributed by atoms with van der Waals surface area (Å²) >= 11 is 0. The Morgan fingerprint density at radius 2 is 1.50 bits per heavy atom. The summed E-state index contributed by atoms with van der Waals surface area (Å²) in [6.07, 6.45) is -4.76. The average Bonchev–Trinajstić information content (AvgIpc) is 2.56. The molecule has 0 amide bonds. The number of aliphatic hydroxyl groups excluding tert-OH is 1.